The summed E-state index contributed by atoms with van der Waals surface area (Å²) in [6, 6.07) is 28.9. The van der Waals surface area contributed by atoms with Gasteiger partial charge in [0.25, 0.3) is 17.7 Å². The first-order valence-corrected chi connectivity index (χ1v) is 22.5. The molecule has 5 amide bonds. The molecule has 24 heteroatoms. The number of rotatable bonds is 11. The van der Waals surface area contributed by atoms with E-state index in [2.05, 4.69) is 51.3 Å². The quantitative estimate of drug-likeness (QED) is 0.0761. The standard InChI is InChI=1S/C22H18ClF3N4O3.C14H15N3O2.C7H7ClN2O.C7H6ClNO2/c1-27-20(31)19-12-16(9-10-28-19)33-15-6-4-14(5-7-15)30(2)21(32)29-13-3-8-18(23)17(11-13)22(24,25)26;1-15-10-3-5-11(6-4-10)19-12-7-8-17-13(9-12)14(18)16-2;1-9-7(11)6-4-5(8)2-3-10-6;1-11-7(10)6-4-5(8)2-3-9-6/h3-12H,1-2H3,(H,27,31)(H,29,32);3-9,15H,1-2H3,(H,16,18);2-4H,1H3,(H,9,11);2-4H,1H3. The molecule has 0 saturated carbocycles. The van der Waals surface area contributed by atoms with Crippen molar-refractivity contribution in [3.63, 3.8) is 0 Å². The lowest BCUT2D eigenvalue weighted by Crippen LogP contribution is -2.31. The van der Waals surface area contributed by atoms with Crippen LogP contribution in [0.5, 0.6) is 23.0 Å². The average Bonchev–Trinajstić information content (AvgIpc) is 3.41. The molecule has 3 aromatic carbocycles. The van der Waals surface area contributed by atoms with Gasteiger partial charge in [-0.1, -0.05) is 34.8 Å². The molecule has 0 bridgehead atoms. The number of benzene rings is 3. The second-order valence-electron chi connectivity index (χ2n) is 14.4. The van der Waals surface area contributed by atoms with Gasteiger partial charge in [-0.05, 0) is 103 Å². The van der Waals surface area contributed by atoms with Crippen molar-refractivity contribution < 1.29 is 51.4 Å². The molecule has 0 spiro atoms. The molecule has 4 aromatic heterocycles. The SMILES string of the molecule is CNC(=O)c1cc(Cl)ccn1.CNC(=O)c1cc(Oc2ccc(N(C)C(=O)Nc3ccc(Cl)c(C(F)(F)F)c3)cc2)ccn1.CNC(=O)c1cc(Oc2ccc(NC)cc2)ccn1.COC(=O)c1cc(Cl)ccn1. The molecule has 0 aliphatic carbocycles. The lowest BCUT2D eigenvalue weighted by Gasteiger charge is -2.19. The number of esters is 1. The number of aromatic nitrogens is 4. The van der Waals surface area contributed by atoms with Crippen molar-refractivity contribution in [1.29, 1.82) is 0 Å². The van der Waals surface area contributed by atoms with Crippen LogP contribution in [0.15, 0.2) is 140 Å². The number of pyridine rings is 4. The van der Waals surface area contributed by atoms with Crippen LogP contribution in [-0.4, -0.2) is 92.0 Å². The Bertz CT molecular complexity index is 2970. The van der Waals surface area contributed by atoms with Crippen molar-refractivity contribution in [2.24, 2.45) is 0 Å². The van der Waals surface area contributed by atoms with E-state index in [9.17, 15) is 37.1 Å². The van der Waals surface area contributed by atoms with E-state index in [0.717, 1.165) is 17.8 Å². The maximum atomic E-state index is 13.0. The average molecular weight is 1080 g/mol. The second kappa shape index (κ2) is 28.5. The third-order valence-electron chi connectivity index (χ3n) is 9.35. The molecule has 0 radical (unpaired) electrons. The summed E-state index contributed by atoms with van der Waals surface area (Å²) >= 11 is 16.8. The number of amides is 5. The largest absolute Gasteiger partial charge is 0.464 e. The number of urea groups is 1. The van der Waals surface area contributed by atoms with Gasteiger partial charge in [0.05, 0.1) is 17.7 Å². The van der Waals surface area contributed by atoms with Crippen molar-refractivity contribution in [3.05, 3.63) is 183 Å². The van der Waals surface area contributed by atoms with Gasteiger partial charge >= 0.3 is 18.2 Å². The third kappa shape index (κ3) is 18.3. The van der Waals surface area contributed by atoms with Gasteiger partial charge in [0.2, 0.25) is 0 Å². The predicted molar refractivity (Wildman–Crippen MR) is 275 cm³/mol. The van der Waals surface area contributed by atoms with Crippen molar-refractivity contribution in [2.45, 2.75) is 6.18 Å². The van der Waals surface area contributed by atoms with Crippen LogP contribution < -0.4 is 41.0 Å². The zero-order valence-corrected chi connectivity index (χ0v) is 42.3. The highest BCUT2D eigenvalue weighted by molar-refractivity contribution is 6.32. The number of ether oxygens (including phenoxy) is 3. The Morgan fingerprint density at radius 1 is 0.527 bits per heavy atom. The monoisotopic (exact) mass is 1080 g/mol. The van der Waals surface area contributed by atoms with E-state index in [-0.39, 0.29) is 34.8 Å². The molecular formula is C50H46Cl3F3N10O8. The molecule has 0 aliphatic rings. The molecule has 4 heterocycles. The Hall–Kier alpha value is -8.53. The van der Waals surface area contributed by atoms with Gasteiger partial charge < -0.3 is 40.8 Å². The highest BCUT2D eigenvalue weighted by Gasteiger charge is 2.33. The summed E-state index contributed by atoms with van der Waals surface area (Å²) in [4.78, 5) is 74.1. The van der Waals surface area contributed by atoms with Gasteiger partial charge in [-0.25, -0.2) is 14.6 Å². The number of nitrogens with zero attached hydrogens (tertiary/aromatic N) is 5. The molecule has 5 N–H and O–H groups in total. The molecular weight excluding hydrogens is 1030 g/mol. The minimum Gasteiger partial charge on any atom is -0.464 e. The van der Waals surface area contributed by atoms with Gasteiger partial charge in [-0.2, -0.15) is 13.2 Å². The van der Waals surface area contributed by atoms with Crippen LogP contribution in [0.3, 0.4) is 0 Å². The summed E-state index contributed by atoms with van der Waals surface area (Å²) in [6.45, 7) is 0. The minimum absolute atomic E-state index is 0.0480. The molecule has 386 valence electrons. The molecule has 0 fully saturated rings. The van der Waals surface area contributed by atoms with E-state index >= 15 is 0 Å². The van der Waals surface area contributed by atoms with Crippen LogP contribution in [0.25, 0.3) is 0 Å². The normalized spacial score (nSPS) is 10.2. The molecule has 0 unspecified atom stereocenters. The van der Waals surface area contributed by atoms with Crippen molar-refractivity contribution >= 4 is 81.6 Å². The fourth-order valence-electron chi connectivity index (χ4n) is 5.58. The van der Waals surface area contributed by atoms with E-state index in [0.29, 0.717) is 50.1 Å². The number of methoxy groups -OCH3 is 1. The van der Waals surface area contributed by atoms with E-state index in [4.69, 9.17) is 44.3 Å². The van der Waals surface area contributed by atoms with Crippen molar-refractivity contribution in [1.82, 2.24) is 35.9 Å². The fourth-order valence-corrected chi connectivity index (χ4v) is 6.12. The first kappa shape index (κ1) is 58.0. The van der Waals surface area contributed by atoms with E-state index in [1.807, 2.05) is 31.3 Å². The fraction of sp³-hybridized carbons (Fsp3) is 0.140. The van der Waals surface area contributed by atoms with Crippen LogP contribution >= 0.6 is 34.8 Å². The summed E-state index contributed by atoms with van der Waals surface area (Å²) in [7, 11) is 9.22. The first-order chi connectivity index (χ1) is 35.3. The summed E-state index contributed by atoms with van der Waals surface area (Å²) < 4.78 is 54.9. The Kier molecular flexibility index (Phi) is 22.4. The zero-order chi connectivity index (χ0) is 54.4. The first-order valence-electron chi connectivity index (χ1n) is 21.3. The molecule has 74 heavy (non-hydrogen) atoms. The van der Waals surface area contributed by atoms with Crippen LogP contribution in [0.2, 0.25) is 15.1 Å². The number of hydrogen-bond donors (Lipinski definition) is 5. The number of halogens is 6. The smallest absolute Gasteiger partial charge is 0.417 e. The number of nitrogens with one attached hydrogen (secondary N) is 5. The lowest BCUT2D eigenvalue weighted by molar-refractivity contribution is -0.137. The minimum atomic E-state index is -4.64. The highest BCUT2D eigenvalue weighted by atomic mass is 35.5. The predicted octanol–water partition coefficient (Wildman–Crippen LogP) is 10.5. The van der Waals surface area contributed by atoms with Crippen LogP contribution in [-0.2, 0) is 10.9 Å². The topological polar surface area (TPSA) is 228 Å². The Labute approximate surface area is 437 Å². The van der Waals surface area contributed by atoms with Gasteiger partial charge in [0.1, 0.15) is 45.8 Å². The number of carbonyl (C=O) groups is 5. The molecule has 7 rings (SSSR count). The summed E-state index contributed by atoms with van der Waals surface area (Å²) in [6.07, 6.45) is 1.28. The van der Waals surface area contributed by atoms with E-state index < -0.39 is 28.8 Å². The van der Waals surface area contributed by atoms with Gasteiger partial charge in [-0.3, -0.25) is 34.2 Å². The van der Waals surface area contributed by atoms with Crippen LogP contribution in [0.4, 0.5) is 35.0 Å². The van der Waals surface area contributed by atoms with Gasteiger partial charge in [-0.15, -0.1) is 0 Å². The maximum Gasteiger partial charge on any atom is 0.417 e. The summed E-state index contributed by atoms with van der Waals surface area (Å²) in [5, 5.41) is 13.4. The molecule has 0 aliphatic heterocycles. The molecule has 0 saturated heterocycles. The van der Waals surface area contributed by atoms with E-state index in [1.54, 1.807) is 74.9 Å². The Morgan fingerprint density at radius 3 is 1.38 bits per heavy atom. The Morgan fingerprint density at radius 2 is 0.946 bits per heavy atom. The number of anilines is 3. The lowest BCUT2D eigenvalue weighted by atomic mass is 10.2. The summed E-state index contributed by atoms with van der Waals surface area (Å²) in [5.41, 5.74) is 1.46. The molecule has 7 aromatic rings. The second-order valence-corrected chi connectivity index (χ2v) is 15.6. The van der Waals surface area contributed by atoms with Gasteiger partial charge in [0, 0.05) is 99.3 Å². The summed E-state index contributed by atoms with van der Waals surface area (Å²) in [5.74, 6) is 0.807. The highest BCUT2D eigenvalue weighted by Crippen LogP contribution is 2.36. The number of carbonyl (C=O) groups excluding carboxylic acids is 5. The van der Waals surface area contributed by atoms with Crippen LogP contribution in [0.1, 0.15) is 47.5 Å². The number of hydrogen-bond acceptors (Lipinski definition) is 13. The van der Waals surface area contributed by atoms with Crippen molar-refractivity contribution in [3.8, 4) is 23.0 Å². The third-order valence-corrected chi connectivity index (χ3v) is 10.1. The van der Waals surface area contributed by atoms with Crippen LogP contribution in [0, 0.1) is 0 Å². The van der Waals surface area contributed by atoms with E-state index in [1.165, 1.54) is 69.0 Å². The van der Waals surface area contributed by atoms with Crippen molar-refractivity contribution in [2.75, 3.05) is 57.9 Å². The number of alkyl halides is 3. The molecule has 18 nitrogen and oxygen atoms in total. The molecule has 0 atom stereocenters. The Balaban J connectivity index is 0.000000241. The maximum absolute atomic E-state index is 13.0. The zero-order valence-electron chi connectivity index (χ0n) is 40.0. The van der Waals surface area contributed by atoms with Gasteiger partial charge in [0.15, 0.2) is 0 Å².